The molecule has 100 valence electrons. The Bertz CT molecular complexity index is 577. The third kappa shape index (κ3) is 2.24. The zero-order chi connectivity index (χ0) is 14.0. The van der Waals surface area contributed by atoms with Crippen LogP contribution in [0, 0.1) is 17.5 Å². The van der Waals surface area contributed by atoms with Crippen molar-refractivity contribution in [2.45, 2.75) is 18.9 Å². The quantitative estimate of drug-likeness (QED) is 0.897. The van der Waals surface area contributed by atoms with Gasteiger partial charge in [-0.3, -0.25) is 0 Å². The molecule has 0 bridgehead atoms. The summed E-state index contributed by atoms with van der Waals surface area (Å²) in [4.78, 5) is 0. The summed E-state index contributed by atoms with van der Waals surface area (Å²) in [6, 6.07) is 8.72. The second-order valence-electron chi connectivity index (χ2n) is 4.29. The van der Waals surface area contributed by atoms with E-state index in [4.69, 9.17) is 0 Å². The molecule has 4 heteroatoms. The smallest absolute Gasteiger partial charge is 0.132 e. The average molecular weight is 266 g/mol. The fourth-order valence-electron chi connectivity index (χ4n) is 2.19. The Balaban J connectivity index is 2.71. The molecule has 0 heterocycles. The number of aliphatic hydroxyl groups is 1. The summed E-state index contributed by atoms with van der Waals surface area (Å²) in [5.74, 6) is -2.49. The van der Waals surface area contributed by atoms with E-state index in [2.05, 4.69) is 0 Å². The van der Waals surface area contributed by atoms with Gasteiger partial charge in [0.15, 0.2) is 0 Å². The third-order valence-electron chi connectivity index (χ3n) is 3.21. The molecule has 0 saturated carbocycles. The van der Waals surface area contributed by atoms with Crippen LogP contribution in [0.15, 0.2) is 42.5 Å². The van der Waals surface area contributed by atoms with Crippen LogP contribution < -0.4 is 0 Å². The summed E-state index contributed by atoms with van der Waals surface area (Å²) in [5, 5.41) is 10.6. The van der Waals surface area contributed by atoms with E-state index >= 15 is 0 Å². The second-order valence-corrected chi connectivity index (χ2v) is 4.29. The van der Waals surface area contributed by atoms with Crippen molar-refractivity contribution in [3.8, 4) is 0 Å². The Hall–Kier alpha value is -1.81. The summed E-state index contributed by atoms with van der Waals surface area (Å²) >= 11 is 0. The van der Waals surface area contributed by atoms with Gasteiger partial charge in [-0.15, -0.1) is 0 Å². The Morgan fingerprint density at radius 2 is 1.42 bits per heavy atom. The summed E-state index contributed by atoms with van der Waals surface area (Å²) in [5.41, 5.74) is -2.69. The summed E-state index contributed by atoms with van der Waals surface area (Å²) in [6.07, 6.45) is -0.0498. The van der Waals surface area contributed by atoms with Crippen LogP contribution >= 0.6 is 0 Å². The van der Waals surface area contributed by atoms with Gasteiger partial charge < -0.3 is 5.11 Å². The van der Waals surface area contributed by atoms with Crippen molar-refractivity contribution < 1.29 is 18.3 Å². The van der Waals surface area contributed by atoms with Crippen LogP contribution in [0.2, 0.25) is 0 Å². The minimum absolute atomic E-state index is 0.0498. The van der Waals surface area contributed by atoms with Crippen molar-refractivity contribution in [1.29, 1.82) is 0 Å². The van der Waals surface area contributed by atoms with Crippen molar-refractivity contribution in [3.05, 3.63) is 71.0 Å². The van der Waals surface area contributed by atoms with E-state index in [1.807, 2.05) is 0 Å². The molecule has 0 aromatic heterocycles. The maximum Gasteiger partial charge on any atom is 0.132 e. The molecule has 0 radical (unpaired) electrons. The molecule has 0 amide bonds. The molecule has 0 aliphatic rings. The van der Waals surface area contributed by atoms with E-state index in [0.29, 0.717) is 0 Å². The van der Waals surface area contributed by atoms with Crippen molar-refractivity contribution in [3.63, 3.8) is 0 Å². The normalized spacial score (nSPS) is 14.2. The predicted octanol–water partition coefficient (Wildman–Crippen LogP) is 3.75. The van der Waals surface area contributed by atoms with Gasteiger partial charge in [-0.1, -0.05) is 31.2 Å². The highest BCUT2D eigenvalue weighted by atomic mass is 19.1. The van der Waals surface area contributed by atoms with Crippen molar-refractivity contribution in [1.82, 2.24) is 0 Å². The Kier molecular flexibility index (Phi) is 3.62. The van der Waals surface area contributed by atoms with Gasteiger partial charge in [-0.2, -0.15) is 0 Å². The van der Waals surface area contributed by atoms with Crippen LogP contribution in [0.3, 0.4) is 0 Å². The third-order valence-corrected chi connectivity index (χ3v) is 3.21. The molecule has 2 aromatic carbocycles. The molecule has 0 fully saturated rings. The number of hydrogen-bond donors (Lipinski definition) is 1. The van der Waals surface area contributed by atoms with E-state index in [1.165, 1.54) is 24.3 Å². The summed E-state index contributed by atoms with van der Waals surface area (Å²) in [7, 11) is 0. The van der Waals surface area contributed by atoms with E-state index in [9.17, 15) is 18.3 Å². The van der Waals surface area contributed by atoms with Gasteiger partial charge in [0.05, 0.1) is 5.56 Å². The zero-order valence-electron chi connectivity index (χ0n) is 10.3. The lowest BCUT2D eigenvalue weighted by atomic mass is 9.83. The standard InChI is InChI=1S/C15H13F3O/c1-2-15(19,10-6-3-4-7-11(10)16)14-12(17)8-5-9-13(14)18/h3-9,19H,2H2,1H3. The minimum Gasteiger partial charge on any atom is -0.380 e. The summed E-state index contributed by atoms with van der Waals surface area (Å²) in [6.45, 7) is 1.54. The van der Waals surface area contributed by atoms with Crippen molar-refractivity contribution >= 4 is 0 Å². The van der Waals surface area contributed by atoms with Crippen LogP contribution in [-0.4, -0.2) is 5.11 Å². The molecule has 0 aliphatic carbocycles. The minimum atomic E-state index is -2.03. The van der Waals surface area contributed by atoms with E-state index < -0.39 is 28.6 Å². The Morgan fingerprint density at radius 3 is 1.95 bits per heavy atom. The van der Waals surface area contributed by atoms with Gasteiger partial charge in [0.2, 0.25) is 0 Å². The topological polar surface area (TPSA) is 20.2 Å². The SMILES string of the molecule is CCC(O)(c1ccccc1F)c1c(F)cccc1F. The maximum absolute atomic E-state index is 13.8. The summed E-state index contributed by atoms with van der Waals surface area (Å²) < 4.78 is 41.5. The van der Waals surface area contributed by atoms with Crippen LogP contribution in [0.5, 0.6) is 0 Å². The monoisotopic (exact) mass is 266 g/mol. The van der Waals surface area contributed by atoms with Gasteiger partial charge >= 0.3 is 0 Å². The first-order valence-corrected chi connectivity index (χ1v) is 5.92. The first-order valence-electron chi connectivity index (χ1n) is 5.92. The zero-order valence-corrected chi connectivity index (χ0v) is 10.3. The molecule has 0 saturated heterocycles. The first kappa shape index (κ1) is 13.6. The van der Waals surface area contributed by atoms with Crippen molar-refractivity contribution in [2.75, 3.05) is 0 Å². The lowest BCUT2D eigenvalue weighted by Crippen LogP contribution is -2.30. The van der Waals surface area contributed by atoms with Gasteiger partial charge in [0, 0.05) is 5.56 Å². The largest absolute Gasteiger partial charge is 0.380 e. The first-order chi connectivity index (χ1) is 9.00. The fourth-order valence-corrected chi connectivity index (χ4v) is 2.19. The fraction of sp³-hybridized carbons (Fsp3) is 0.200. The van der Waals surface area contributed by atoms with E-state index in [1.54, 1.807) is 6.92 Å². The molecular weight excluding hydrogens is 253 g/mol. The molecular formula is C15H13F3O. The predicted molar refractivity (Wildman–Crippen MR) is 66.0 cm³/mol. The molecule has 1 N–H and O–H groups in total. The molecule has 0 spiro atoms. The molecule has 19 heavy (non-hydrogen) atoms. The van der Waals surface area contributed by atoms with E-state index in [-0.39, 0.29) is 12.0 Å². The Morgan fingerprint density at radius 1 is 0.895 bits per heavy atom. The highest BCUT2D eigenvalue weighted by molar-refractivity contribution is 5.38. The molecule has 0 aliphatic heterocycles. The average Bonchev–Trinajstić information content (AvgIpc) is 2.38. The number of rotatable bonds is 3. The Labute approximate surface area is 109 Å². The highest BCUT2D eigenvalue weighted by Gasteiger charge is 2.37. The highest BCUT2D eigenvalue weighted by Crippen LogP contribution is 2.37. The number of benzene rings is 2. The molecule has 1 atom stereocenters. The van der Waals surface area contributed by atoms with Crippen molar-refractivity contribution in [2.24, 2.45) is 0 Å². The molecule has 1 unspecified atom stereocenters. The van der Waals surface area contributed by atoms with Gasteiger partial charge in [0.25, 0.3) is 0 Å². The van der Waals surface area contributed by atoms with Crippen LogP contribution in [0.4, 0.5) is 13.2 Å². The van der Waals surface area contributed by atoms with Gasteiger partial charge in [-0.25, -0.2) is 13.2 Å². The van der Waals surface area contributed by atoms with Crippen LogP contribution in [-0.2, 0) is 5.60 Å². The molecule has 1 nitrogen and oxygen atoms in total. The van der Waals surface area contributed by atoms with Crippen LogP contribution in [0.1, 0.15) is 24.5 Å². The van der Waals surface area contributed by atoms with Crippen LogP contribution in [0.25, 0.3) is 0 Å². The van der Waals surface area contributed by atoms with Gasteiger partial charge in [-0.05, 0) is 24.6 Å². The lowest BCUT2D eigenvalue weighted by Gasteiger charge is -2.29. The lowest BCUT2D eigenvalue weighted by molar-refractivity contribution is 0.0645. The molecule has 2 aromatic rings. The second kappa shape index (κ2) is 5.05. The molecule has 2 rings (SSSR count). The number of hydrogen-bond acceptors (Lipinski definition) is 1. The number of halogens is 3. The van der Waals surface area contributed by atoms with Gasteiger partial charge in [0.1, 0.15) is 23.1 Å². The van der Waals surface area contributed by atoms with E-state index in [0.717, 1.165) is 18.2 Å². The maximum atomic E-state index is 13.8.